The highest BCUT2D eigenvalue weighted by atomic mass is 32.2. The van der Waals surface area contributed by atoms with Crippen LogP contribution < -0.4 is 10.6 Å². The van der Waals surface area contributed by atoms with Crippen LogP contribution in [0.4, 0.5) is 11.8 Å². The molecule has 0 amide bonds. The smallest absolute Gasteiger partial charge is 0.225 e. The van der Waals surface area contributed by atoms with Crippen molar-refractivity contribution in [1.82, 2.24) is 9.97 Å². The molecule has 0 saturated carbocycles. The molecule has 1 aromatic heterocycles. The minimum Gasteiger partial charge on any atom is -0.368 e. The number of hydrogen-bond acceptors (Lipinski definition) is 6. The number of para-hydroxylation sites is 1. The summed E-state index contributed by atoms with van der Waals surface area (Å²) >= 11 is 4.11. The van der Waals surface area contributed by atoms with Crippen LogP contribution in [0.15, 0.2) is 24.3 Å². The number of rotatable bonds is 5. The van der Waals surface area contributed by atoms with Gasteiger partial charge in [-0.2, -0.15) is 28.5 Å². The first-order valence-corrected chi connectivity index (χ1v) is 9.51. The van der Waals surface area contributed by atoms with Gasteiger partial charge < -0.3 is 10.6 Å². The highest BCUT2D eigenvalue weighted by molar-refractivity contribution is 8.06. The number of anilines is 2. The molecular formula is C15H20N4S2. The molecule has 1 aliphatic rings. The molecule has 1 aromatic carbocycles. The second-order valence-electron chi connectivity index (χ2n) is 4.89. The van der Waals surface area contributed by atoms with Crippen LogP contribution in [0, 0.1) is 0 Å². The Hall–Kier alpha value is -1.14. The van der Waals surface area contributed by atoms with E-state index in [0.29, 0.717) is 11.2 Å². The number of thioether (sulfide) groups is 2. The summed E-state index contributed by atoms with van der Waals surface area (Å²) in [6.07, 6.45) is 0. The monoisotopic (exact) mass is 320 g/mol. The molecule has 2 N–H and O–H groups in total. The van der Waals surface area contributed by atoms with E-state index in [9.17, 15) is 0 Å². The minimum atomic E-state index is 0.667. The summed E-state index contributed by atoms with van der Waals surface area (Å²) in [5, 5.41) is 8.49. The Morgan fingerprint density at radius 1 is 1.19 bits per heavy atom. The molecule has 1 unspecified atom stereocenters. The van der Waals surface area contributed by atoms with Crippen LogP contribution in [0.25, 0.3) is 10.9 Å². The lowest BCUT2D eigenvalue weighted by atomic mass is 10.2. The van der Waals surface area contributed by atoms with E-state index in [1.165, 1.54) is 17.3 Å². The summed E-state index contributed by atoms with van der Waals surface area (Å²) in [5.74, 6) is 5.39. The van der Waals surface area contributed by atoms with Crippen LogP contribution >= 0.6 is 23.5 Å². The zero-order valence-electron chi connectivity index (χ0n) is 12.1. The number of nitrogens with zero attached hydrogens (tertiary/aromatic N) is 2. The summed E-state index contributed by atoms with van der Waals surface area (Å²) in [6.45, 7) is 3.85. The van der Waals surface area contributed by atoms with Gasteiger partial charge in [0.2, 0.25) is 5.95 Å². The van der Waals surface area contributed by atoms with Crippen LogP contribution in [0.1, 0.15) is 6.92 Å². The number of benzene rings is 1. The summed E-state index contributed by atoms with van der Waals surface area (Å²) in [4.78, 5) is 9.17. The van der Waals surface area contributed by atoms with Gasteiger partial charge in [0.15, 0.2) is 0 Å². The van der Waals surface area contributed by atoms with Gasteiger partial charge in [-0.3, -0.25) is 0 Å². The van der Waals surface area contributed by atoms with Gasteiger partial charge in [0.05, 0.1) is 5.52 Å². The van der Waals surface area contributed by atoms with Gasteiger partial charge in [0.1, 0.15) is 5.82 Å². The zero-order chi connectivity index (χ0) is 14.5. The SMILES string of the molecule is CCNc1nc(NCC2CSCCS2)c2ccccc2n1. The lowest BCUT2D eigenvalue weighted by Gasteiger charge is -2.21. The van der Waals surface area contributed by atoms with Gasteiger partial charge in [0.25, 0.3) is 0 Å². The molecule has 0 aliphatic carbocycles. The Morgan fingerprint density at radius 2 is 2.10 bits per heavy atom. The van der Waals surface area contributed by atoms with Gasteiger partial charge in [-0.1, -0.05) is 12.1 Å². The van der Waals surface area contributed by atoms with E-state index in [1.807, 2.05) is 30.0 Å². The number of aromatic nitrogens is 2. The van der Waals surface area contributed by atoms with Gasteiger partial charge >= 0.3 is 0 Å². The van der Waals surface area contributed by atoms with Gasteiger partial charge in [-0.05, 0) is 19.1 Å². The van der Waals surface area contributed by atoms with Crippen molar-refractivity contribution in [3.8, 4) is 0 Å². The molecular weight excluding hydrogens is 300 g/mol. The van der Waals surface area contributed by atoms with Gasteiger partial charge in [-0.15, -0.1) is 0 Å². The molecule has 0 radical (unpaired) electrons. The Morgan fingerprint density at radius 3 is 2.90 bits per heavy atom. The van der Waals surface area contributed by atoms with Crippen LogP contribution in [0.5, 0.6) is 0 Å². The highest BCUT2D eigenvalue weighted by Crippen LogP contribution is 2.26. The lowest BCUT2D eigenvalue weighted by Crippen LogP contribution is -2.23. The largest absolute Gasteiger partial charge is 0.368 e. The Balaban J connectivity index is 1.81. The quantitative estimate of drug-likeness (QED) is 0.881. The minimum absolute atomic E-state index is 0.667. The standard InChI is InChI=1S/C15H20N4S2/c1-2-16-15-18-13-6-4-3-5-12(13)14(19-15)17-9-11-10-20-7-8-21-11/h3-6,11H,2,7-10H2,1H3,(H2,16,17,18,19). The molecule has 1 saturated heterocycles. The molecule has 0 bridgehead atoms. The fraction of sp³-hybridized carbons (Fsp3) is 0.467. The molecule has 1 aliphatic heterocycles. The Bertz CT molecular complexity index is 599. The zero-order valence-corrected chi connectivity index (χ0v) is 13.8. The maximum absolute atomic E-state index is 4.63. The summed E-state index contributed by atoms with van der Waals surface area (Å²) in [5.41, 5.74) is 0.983. The number of fused-ring (bicyclic) bond motifs is 1. The Kier molecular flexibility index (Phi) is 5.08. The summed E-state index contributed by atoms with van der Waals surface area (Å²) in [6, 6.07) is 8.17. The molecule has 0 spiro atoms. The third-order valence-electron chi connectivity index (χ3n) is 3.32. The van der Waals surface area contributed by atoms with Crippen LogP contribution in [-0.2, 0) is 0 Å². The summed E-state index contributed by atoms with van der Waals surface area (Å²) < 4.78 is 0. The first-order valence-electron chi connectivity index (χ1n) is 7.30. The molecule has 1 fully saturated rings. The van der Waals surface area contributed by atoms with E-state index in [2.05, 4.69) is 45.4 Å². The van der Waals surface area contributed by atoms with E-state index in [1.54, 1.807) is 0 Å². The van der Waals surface area contributed by atoms with Crippen molar-refractivity contribution in [2.75, 3.05) is 41.0 Å². The first-order chi connectivity index (χ1) is 10.4. The average Bonchev–Trinajstić information content (AvgIpc) is 2.54. The van der Waals surface area contributed by atoms with Gasteiger partial charge in [-0.25, -0.2) is 4.98 Å². The predicted molar refractivity (Wildman–Crippen MR) is 95.8 cm³/mol. The molecule has 1 atom stereocenters. The van der Waals surface area contributed by atoms with E-state index in [-0.39, 0.29) is 0 Å². The third kappa shape index (κ3) is 3.74. The van der Waals surface area contributed by atoms with Gasteiger partial charge in [0, 0.05) is 41.0 Å². The van der Waals surface area contributed by atoms with Crippen molar-refractivity contribution in [3.63, 3.8) is 0 Å². The first kappa shape index (κ1) is 14.8. The predicted octanol–water partition coefficient (Wildman–Crippen LogP) is 3.32. The van der Waals surface area contributed by atoms with Crippen molar-refractivity contribution >= 4 is 46.2 Å². The number of hydrogen-bond donors (Lipinski definition) is 2. The maximum atomic E-state index is 4.63. The van der Waals surface area contributed by atoms with E-state index in [4.69, 9.17) is 0 Å². The molecule has 4 nitrogen and oxygen atoms in total. The molecule has 6 heteroatoms. The molecule has 2 heterocycles. The second-order valence-corrected chi connectivity index (χ2v) is 7.45. The van der Waals surface area contributed by atoms with Crippen molar-refractivity contribution in [3.05, 3.63) is 24.3 Å². The van der Waals surface area contributed by atoms with Crippen LogP contribution in [-0.4, -0.2) is 45.6 Å². The third-order valence-corrected chi connectivity index (χ3v) is 6.17. The van der Waals surface area contributed by atoms with Crippen LogP contribution in [0.3, 0.4) is 0 Å². The molecule has 3 rings (SSSR count). The van der Waals surface area contributed by atoms with Crippen molar-refractivity contribution < 1.29 is 0 Å². The maximum Gasteiger partial charge on any atom is 0.225 e. The van der Waals surface area contributed by atoms with Crippen molar-refractivity contribution in [2.45, 2.75) is 12.2 Å². The molecule has 21 heavy (non-hydrogen) atoms. The summed E-state index contributed by atoms with van der Waals surface area (Å²) in [7, 11) is 0. The van der Waals surface area contributed by atoms with Crippen molar-refractivity contribution in [1.29, 1.82) is 0 Å². The van der Waals surface area contributed by atoms with E-state index >= 15 is 0 Å². The van der Waals surface area contributed by atoms with Crippen molar-refractivity contribution in [2.24, 2.45) is 0 Å². The Labute approximate surface area is 133 Å². The fourth-order valence-corrected chi connectivity index (χ4v) is 4.93. The van der Waals surface area contributed by atoms with E-state index < -0.39 is 0 Å². The fourth-order valence-electron chi connectivity index (χ4n) is 2.31. The average molecular weight is 320 g/mol. The number of nitrogens with one attached hydrogen (secondary N) is 2. The molecule has 2 aromatic rings. The normalized spacial score (nSPS) is 18.6. The second kappa shape index (κ2) is 7.22. The van der Waals surface area contributed by atoms with E-state index in [0.717, 1.165) is 29.8 Å². The lowest BCUT2D eigenvalue weighted by molar-refractivity contribution is 0.991. The van der Waals surface area contributed by atoms with Crippen LogP contribution in [0.2, 0.25) is 0 Å². The highest BCUT2D eigenvalue weighted by Gasteiger charge is 2.15. The topological polar surface area (TPSA) is 49.8 Å². The molecule has 112 valence electrons.